The summed E-state index contributed by atoms with van der Waals surface area (Å²) < 4.78 is 43.2. The first-order valence-corrected chi connectivity index (χ1v) is 18.5. The van der Waals surface area contributed by atoms with Gasteiger partial charge in [0, 0.05) is 17.8 Å². The summed E-state index contributed by atoms with van der Waals surface area (Å²) in [5.41, 5.74) is 2.38. The highest BCUT2D eigenvalue weighted by molar-refractivity contribution is 7.89. The molecular weight excluding hydrogens is 648 g/mol. The number of ether oxygens (including phenoxy) is 2. The van der Waals surface area contributed by atoms with E-state index in [9.17, 15) is 13.2 Å². The SMILES string of the molecule is CC[C@@H]1CN(Cc2cc([C@@H](CCc3cn(C4CCC4)nn3)C(C)(C)C(=O)OCc3ccccc3)ccc2Cl)S(=O)(=O)c2ccccc2O1. The summed E-state index contributed by atoms with van der Waals surface area (Å²) in [6, 6.07) is 22.4. The number of para-hydroxylation sites is 1. The van der Waals surface area contributed by atoms with E-state index in [1.165, 1.54) is 10.7 Å². The molecule has 48 heavy (non-hydrogen) atoms. The summed E-state index contributed by atoms with van der Waals surface area (Å²) in [5.74, 6) is -0.254. The van der Waals surface area contributed by atoms with Crippen molar-refractivity contribution in [1.82, 2.24) is 19.3 Å². The molecule has 2 aliphatic rings. The lowest BCUT2D eigenvalue weighted by Gasteiger charge is -2.33. The van der Waals surface area contributed by atoms with Crippen LogP contribution in [0.3, 0.4) is 0 Å². The van der Waals surface area contributed by atoms with Gasteiger partial charge in [-0.2, -0.15) is 4.31 Å². The highest BCUT2D eigenvalue weighted by Crippen LogP contribution is 2.42. The number of rotatable bonds is 12. The van der Waals surface area contributed by atoms with E-state index in [-0.39, 0.29) is 42.6 Å². The smallest absolute Gasteiger partial charge is 0.312 e. The molecule has 9 nitrogen and oxygen atoms in total. The summed E-state index contributed by atoms with van der Waals surface area (Å²) in [4.78, 5) is 13.9. The maximum Gasteiger partial charge on any atom is 0.312 e. The van der Waals surface area contributed by atoms with E-state index in [0.717, 1.165) is 29.7 Å². The van der Waals surface area contributed by atoms with Gasteiger partial charge in [0.2, 0.25) is 10.0 Å². The number of hydrogen-bond acceptors (Lipinski definition) is 7. The van der Waals surface area contributed by atoms with Gasteiger partial charge in [-0.25, -0.2) is 13.1 Å². The summed E-state index contributed by atoms with van der Waals surface area (Å²) in [5, 5.41) is 9.27. The van der Waals surface area contributed by atoms with Gasteiger partial charge in [0.1, 0.15) is 23.4 Å². The largest absolute Gasteiger partial charge is 0.488 e. The highest BCUT2D eigenvalue weighted by atomic mass is 35.5. The number of fused-ring (bicyclic) bond motifs is 1. The normalized spacial score (nSPS) is 18.6. The second-order valence-corrected chi connectivity index (χ2v) is 15.7. The van der Waals surface area contributed by atoms with Crippen molar-refractivity contribution in [2.24, 2.45) is 5.41 Å². The predicted octanol–water partition coefficient (Wildman–Crippen LogP) is 7.50. The third-order valence-corrected chi connectivity index (χ3v) is 12.0. The number of aromatic nitrogens is 3. The number of benzene rings is 3. The Morgan fingerprint density at radius 1 is 1.08 bits per heavy atom. The van der Waals surface area contributed by atoms with Crippen molar-refractivity contribution in [2.75, 3.05) is 6.54 Å². The molecule has 6 rings (SSSR count). The number of esters is 1. The fourth-order valence-corrected chi connectivity index (χ4v) is 8.22. The molecule has 1 fully saturated rings. The molecule has 1 aromatic heterocycles. The average Bonchev–Trinajstić information content (AvgIpc) is 3.47. The van der Waals surface area contributed by atoms with Crippen molar-refractivity contribution in [2.45, 2.75) is 95.4 Å². The Bertz CT molecular complexity index is 1840. The molecule has 2 heterocycles. The molecule has 11 heteroatoms. The first kappa shape index (κ1) is 34.1. The molecule has 1 aliphatic heterocycles. The third kappa shape index (κ3) is 7.31. The summed E-state index contributed by atoms with van der Waals surface area (Å²) in [6.45, 7) is 6.21. The topological polar surface area (TPSA) is 104 Å². The van der Waals surface area contributed by atoms with Gasteiger partial charge >= 0.3 is 5.97 Å². The minimum Gasteiger partial charge on any atom is -0.488 e. The van der Waals surface area contributed by atoms with Gasteiger partial charge in [0.25, 0.3) is 0 Å². The van der Waals surface area contributed by atoms with Crippen molar-refractivity contribution in [3.8, 4) is 5.75 Å². The van der Waals surface area contributed by atoms with Crippen LogP contribution in [0.25, 0.3) is 0 Å². The third-order valence-electron chi connectivity index (χ3n) is 9.75. The van der Waals surface area contributed by atoms with Gasteiger partial charge < -0.3 is 9.47 Å². The number of aryl methyl sites for hydroxylation is 1. The van der Waals surface area contributed by atoms with Crippen molar-refractivity contribution >= 4 is 27.6 Å². The molecule has 0 radical (unpaired) electrons. The molecule has 3 aromatic carbocycles. The first-order chi connectivity index (χ1) is 23.1. The maximum atomic E-state index is 13.9. The minimum atomic E-state index is -3.88. The van der Waals surface area contributed by atoms with E-state index >= 15 is 0 Å². The molecule has 4 aromatic rings. The standard InChI is InChI=1S/C37H43ClN4O5S/c1-4-31-24-41(48(44,45)35-16-9-8-15-34(35)47-31)22-28-21-27(17-20-33(28)38)32(19-18-29-23-42(40-39-29)30-13-10-14-30)37(2,3)36(43)46-25-26-11-6-5-7-12-26/h5-9,11-12,15-17,20-21,23,30-32H,4,10,13-14,18-19,22,24-25H2,1-3H3/t31-,32-/m1/s1. The van der Waals surface area contributed by atoms with Crippen LogP contribution in [0.15, 0.2) is 83.9 Å². The molecule has 254 valence electrons. The Labute approximate surface area is 288 Å². The average molecular weight is 691 g/mol. The molecule has 0 amide bonds. The van der Waals surface area contributed by atoms with Crippen LogP contribution >= 0.6 is 11.6 Å². The summed E-state index contributed by atoms with van der Waals surface area (Å²) in [7, 11) is -3.88. The van der Waals surface area contributed by atoms with Gasteiger partial charge in [-0.05, 0) is 93.2 Å². The highest BCUT2D eigenvalue weighted by Gasteiger charge is 2.40. The van der Waals surface area contributed by atoms with E-state index in [0.29, 0.717) is 41.6 Å². The van der Waals surface area contributed by atoms with Crippen molar-refractivity contribution in [1.29, 1.82) is 0 Å². The summed E-state index contributed by atoms with van der Waals surface area (Å²) >= 11 is 6.78. The van der Waals surface area contributed by atoms with Crippen LogP contribution < -0.4 is 4.74 Å². The Morgan fingerprint density at radius 2 is 1.83 bits per heavy atom. The first-order valence-electron chi connectivity index (χ1n) is 16.7. The molecule has 2 atom stereocenters. The van der Waals surface area contributed by atoms with Gasteiger partial charge in [-0.3, -0.25) is 4.79 Å². The van der Waals surface area contributed by atoms with Crippen molar-refractivity contribution < 1.29 is 22.7 Å². The van der Waals surface area contributed by atoms with Crippen molar-refractivity contribution in [3.05, 3.63) is 106 Å². The Morgan fingerprint density at radius 3 is 2.56 bits per heavy atom. The fraction of sp³-hybridized carbons (Fsp3) is 0.432. The molecule has 0 bridgehead atoms. The molecule has 0 unspecified atom stereocenters. The van der Waals surface area contributed by atoms with E-state index in [1.54, 1.807) is 30.3 Å². The second-order valence-electron chi connectivity index (χ2n) is 13.4. The van der Waals surface area contributed by atoms with Crippen LogP contribution in [0.4, 0.5) is 0 Å². The van der Waals surface area contributed by atoms with Gasteiger partial charge in [0.15, 0.2) is 0 Å². The van der Waals surface area contributed by atoms with Crippen LogP contribution in [-0.4, -0.2) is 46.3 Å². The number of hydrogen-bond donors (Lipinski definition) is 0. The molecule has 1 saturated carbocycles. The van der Waals surface area contributed by atoms with Gasteiger partial charge in [0.05, 0.1) is 23.7 Å². The molecule has 0 N–H and O–H groups in total. The van der Waals surface area contributed by atoms with E-state index in [4.69, 9.17) is 21.1 Å². The van der Waals surface area contributed by atoms with E-state index in [1.807, 2.05) is 74.1 Å². The zero-order valence-electron chi connectivity index (χ0n) is 27.7. The van der Waals surface area contributed by atoms with E-state index < -0.39 is 15.4 Å². The van der Waals surface area contributed by atoms with Crippen molar-refractivity contribution in [3.63, 3.8) is 0 Å². The predicted molar refractivity (Wildman–Crippen MR) is 184 cm³/mol. The number of halogens is 1. The van der Waals surface area contributed by atoms with Crippen LogP contribution in [0.2, 0.25) is 5.02 Å². The quantitative estimate of drug-likeness (QED) is 0.142. The number of sulfonamides is 1. The lowest BCUT2D eigenvalue weighted by molar-refractivity contribution is -0.157. The molecule has 0 saturated heterocycles. The molecular formula is C37H43ClN4O5S. The Hall–Kier alpha value is -3.73. The maximum absolute atomic E-state index is 13.9. The number of nitrogens with zero attached hydrogens (tertiary/aromatic N) is 4. The number of carbonyl (C=O) groups is 1. The van der Waals surface area contributed by atoms with Gasteiger partial charge in [-0.15, -0.1) is 5.10 Å². The second kappa shape index (κ2) is 14.4. The van der Waals surface area contributed by atoms with Crippen LogP contribution in [0.1, 0.15) is 87.2 Å². The summed E-state index contributed by atoms with van der Waals surface area (Å²) in [6.07, 6.45) is 6.98. The zero-order valence-corrected chi connectivity index (χ0v) is 29.3. The number of carbonyl (C=O) groups excluding carboxylic acids is 1. The van der Waals surface area contributed by atoms with Crippen LogP contribution in [-0.2, 0) is 39.1 Å². The fourth-order valence-electron chi connectivity index (χ4n) is 6.47. The minimum absolute atomic E-state index is 0.0600. The lowest BCUT2D eigenvalue weighted by atomic mass is 9.72. The van der Waals surface area contributed by atoms with E-state index in [2.05, 4.69) is 10.3 Å². The molecule has 1 aliphatic carbocycles. The Kier molecular flexibility index (Phi) is 10.2. The van der Waals surface area contributed by atoms with Crippen LogP contribution in [0.5, 0.6) is 5.75 Å². The monoisotopic (exact) mass is 690 g/mol. The lowest BCUT2D eigenvalue weighted by Crippen LogP contribution is -2.36. The van der Waals surface area contributed by atoms with Gasteiger partial charge in [-0.1, -0.05) is 78.3 Å². The Balaban J connectivity index is 1.30. The van der Waals surface area contributed by atoms with Crippen LogP contribution in [0, 0.1) is 5.41 Å². The zero-order chi connectivity index (χ0) is 33.9. The molecule has 0 spiro atoms.